The molecule has 1 aliphatic rings. The molecule has 0 saturated heterocycles. The molecule has 0 bridgehead atoms. The fourth-order valence-electron chi connectivity index (χ4n) is 2.92. The molecule has 0 aromatic heterocycles. The standard InChI is InChI=1S/C23H14Cl2N2O4/c24-17-10-5-13(11-18(17)25)12-20-23(30)31-21(27-20)14-6-8-15(9-7-14)26-19-4-2-1-3-16(19)22(28)29/h1-12,26H,(H,28,29). The summed E-state index contributed by atoms with van der Waals surface area (Å²) in [6, 6.07) is 18.5. The van der Waals surface area contributed by atoms with Crippen molar-refractivity contribution in [2.45, 2.75) is 0 Å². The molecule has 3 aromatic carbocycles. The third-order valence-corrected chi connectivity index (χ3v) is 5.17. The van der Waals surface area contributed by atoms with Crippen LogP contribution in [0.1, 0.15) is 21.5 Å². The Labute approximate surface area is 187 Å². The van der Waals surface area contributed by atoms with Crippen LogP contribution in [0, 0.1) is 0 Å². The molecule has 0 saturated carbocycles. The van der Waals surface area contributed by atoms with Gasteiger partial charge in [-0.3, -0.25) is 0 Å². The molecule has 0 radical (unpaired) electrons. The van der Waals surface area contributed by atoms with Gasteiger partial charge in [-0.25, -0.2) is 14.6 Å². The van der Waals surface area contributed by atoms with Gasteiger partial charge in [-0.1, -0.05) is 41.4 Å². The number of carboxylic acid groups (broad SMARTS) is 1. The van der Waals surface area contributed by atoms with Crippen LogP contribution in [0.25, 0.3) is 6.08 Å². The van der Waals surface area contributed by atoms with Gasteiger partial charge in [-0.05, 0) is 60.2 Å². The average Bonchev–Trinajstić information content (AvgIpc) is 3.12. The van der Waals surface area contributed by atoms with Gasteiger partial charge >= 0.3 is 11.9 Å². The molecule has 8 heteroatoms. The SMILES string of the molecule is O=C1OC(c2ccc(Nc3ccccc3C(=O)O)cc2)=NC1=Cc1ccc(Cl)c(Cl)c1. The number of nitrogens with one attached hydrogen (secondary N) is 1. The molecule has 6 nitrogen and oxygen atoms in total. The Hall–Kier alpha value is -3.61. The van der Waals surface area contributed by atoms with Crippen LogP contribution in [0.2, 0.25) is 10.0 Å². The van der Waals surface area contributed by atoms with Gasteiger partial charge in [0.05, 0.1) is 21.3 Å². The van der Waals surface area contributed by atoms with Gasteiger partial charge in [-0.2, -0.15) is 0 Å². The van der Waals surface area contributed by atoms with Crippen molar-refractivity contribution in [1.82, 2.24) is 0 Å². The average molecular weight is 453 g/mol. The fourth-order valence-corrected chi connectivity index (χ4v) is 3.23. The number of carboxylic acids is 1. The second-order valence-corrected chi connectivity index (χ2v) is 7.38. The first-order chi connectivity index (χ1) is 14.9. The lowest BCUT2D eigenvalue weighted by Crippen LogP contribution is -2.06. The van der Waals surface area contributed by atoms with E-state index in [1.807, 2.05) is 0 Å². The van der Waals surface area contributed by atoms with E-state index in [0.717, 1.165) is 0 Å². The Morgan fingerprint density at radius 3 is 2.45 bits per heavy atom. The second kappa shape index (κ2) is 8.63. The molecule has 0 amide bonds. The van der Waals surface area contributed by atoms with Crippen LogP contribution in [-0.2, 0) is 9.53 Å². The van der Waals surface area contributed by atoms with Gasteiger partial charge in [0.25, 0.3) is 0 Å². The lowest BCUT2D eigenvalue weighted by Gasteiger charge is -2.10. The van der Waals surface area contributed by atoms with Gasteiger partial charge < -0.3 is 15.2 Å². The molecule has 0 aliphatic carbocycles. The zero-order chi connectivity index (χ0) is 22.0. The maximum absolute atomic E-state index is 12.2. The van der Waals surface area contributed by atoms with Crippen molar-refractivity contribution >= 4 is 58.5 Å². The van der Waals surface area contributed by atoms with Crippen molar-refractivity contribution in [1.29, 1.82) is 0 Å². The minimum Gasteiger partial charge on any atom is -0.478 e. The number of carbonyl (C=O) groups is 2. The van der Waals surface area contributed by atoms with Crippen LogP contribution < -0.4 is 5.32 Å². The number of rotatable bonds is 5. The Morgan fingerprint density at radius 1 is 1.00 bits per heavy atom. The number of para-hydroxylation sites is 1. The van der Waals surface area contributed by atoms with Crippen molar-refractivity contribution in [3.05, 3.63) is 99.2 Å². The summed E-state index contributed by atoms with van der Waals surface area (Å²) in [7, 11) is 0. The quantitative estimate of drug-likeness (QED) is 0.378. The number of aromatic carboxylic acids is 1. The molecule has 0 atom stereocenters. The molecule has 154 valence electrons. The smallest absolute Gasteiger partial charge is 0.363 e. The zero-order valence-electron chi connectivity index (χ0n) is 15.8. The fraction of sp³-hybridized carbons (Fsp3) is 0. The van der Waals surface area contributed by atoms with Gasteiger partial charge in [0.2, 0.25) is 5.90 Å². The number of hydrogen-bond donors (Lipinski definition) is 2. The Morgan fingerprint density at radius 2 is 1.74 bits per heavy atom. The van der Waals surface area contributed by atoms with E-state index in [9.17, 15) is 14.7 Å². The Bertz CT molecular complexity index is 1250. The summed E-state index contributed by atoms with van der Waals surface area (Å²) in [4.78, 5) is 27.8. The number of anilines is 2. The summed E-state index contributed by atoms with van der Waals surface area (Å²) in [6.07, 6.45) is 1.57. The summed E-state index contributed by atoms with van der Waals surface area (Å²) in [5.74, 6) is -1.42. The summed E-state index contributed by atoms with van der Waals surface area (Å²) >= 11 is 11.9. The molecule has 3 aromatic rings. The van der Waals surface area contributed by atoms with Crippen LogP contribution >= 0.6 is 23.2 Å². The summed E-state index contributed by atoms with van der Waals surface area (Å²) in [5.41, 5.74) is 2.72. The number of ether oxygens (including phenoxy) is 1. The number of halogens is 2. The first-order valence-electron chi connectivity index (χ1n) is 9.08. The van der Waals surface area contributed by atoms with Gasteiger partial charge in [0, 0.05) is 11.3 Å². The topological polar surface area (TPSA) is 88.0 Å². The predicted molar refractivity (Wildman–Crippen MR) is 120 cm³/mol. The van der Waals surface area contributed by atoms with E-state index >= 15 is 0 Å². The third kappa shape index (κ3) is 4.60. The molecule has 2 N–H and O–H groups in total. The Kier molecular flexibility index (Phi) is 5.75. The Balaban J connectivity index is 1.55. The lowest BCUT2D eigenvalue weighted by atomic mass is 10.1. The highest BCUT2D eigenvalue weighted by molar-refractivity contribution is 6.42. The van der Waals surface area contributed by atoms with Crippen molar-refractivity contribution in [3.63, 3.8) is 0 Å². The molecule has 4 rings (SSSR count). The monoisotopic (exact) mass is 452 g/mol. The van der Waals surface area contributed by atoms with Crippen molar-refractivity contribution in [2.24, 2.45) is 4.99 Å². The number of hydrogen-bond acceptors (Lipinski definition) is 5. The highest BCUT2D eigenvalue weighted by atomic mass is 35.5. The molecule has 0 spiro atoms. The van der Waals surface area contributed by atoms with Crippen LogP contribution in [0.15, 0.2) is 77.4 Å². The number of cyclic esters (lactones) is 1. The van der Waals surface area contributed by atoms with Gasteiger partial charge in [0.1, 0.15) is 0 Å². The molecule has 0 fully saturated rings. The van der Waals surface area contributed by atoms with Crippen molar-refractivity contribution in [2.75, 3.05) is 5.32 Å². The maximum atomic E-state index is 12.2. The second-order valence-electron chi connectivity index (χ2n) is 6.56. The summed E-state index contributed by atoms with van der Waals surface area (Å²) in [5, 5.41) is 13.2. The van der Waals surface area contributed by atoms with E-state index in [1.54, 1.807) is 66.7 Å². The minimum atomic E-state index is -1.02. The highest BCUT2D eigenvalue weighted by Crippen LogP contribution is 2.26. The van der Waals surface area contributed by atoms with Crippen LogP contribution in [0.5, 0.6) is 0 Å². The predicted octanol–water partition coefficient (Wildman–Crippen LogP) is 5.78. The van der Waals surface area contributed by atoms with Crippen LogP contribution in [0.4, 0.5) is 11.4 Å². The first kappa shape index (κ1) is 20.7. The van der Waals surface area contributed by atoms with E-state index in [1.165, 1.54) is 6.07 Å². The third-order valence-electron chi connectivity index (χ3n) is 4.44. The highest BCUT2D eigenvalue weighted by Gasteiger charge is 2.24. The summed E-state index contributed by atoms with van der Waals surface area (Å²) in [6.45, 7) is 0. The maximum Gasteiger partial charge on any atom is 0.363 e. The normalized spacial score (nSPS) is 14.3. The number of esters is 1. The summed E-state index contributed by atoms with van der Waals surface area (Å²) < 4.78 is 5.28. The molecular formula is C23H14Cl2N2O4. The van der Waals surface area contributed by atoms with E-state index < -0.39 is 11.9 Å². The molecule has 1 aliphatic heterocycles. The van der Waals surface area contributed by atoms with Gasteiger partial charge in [-0.15, -0.1) is 0 Å². The van der Waals surface area contributed by atoms with Crippen molar-refractivity contribution in [3.8, 4) is 0 Å². The number of benzene rings is 3. The number of aliphatic imine (C=N–C) groups is 1. The van der Waals surface area contributed by atoms with Crippen molar-refractivity contribution < 1.29 is 19.4 Å². The largest absolute Gasteiger partial charge is 0.478 e. The molecular weight excluding hydrogens is 439 g/mol. The number of nitrogens with zero attached hydrogens (tertiary/aromatic N) is 1. The van der Waals surface area contributed by atoms with E-state index in [-0.39, 0.29) is 17.2 Å². The lowest BCUT2D eigenvalue weighted by molar-refractivity contribution is -0.129. The number of carbonyl (C=O) groups excluding carboxylic acids is 1. The van der Waals surface area contributed by atoms with E-state index in [2.05, 4.69) is 10.3 Å². The van der Waals surface area contributed by atoms with Crippen LogP contribution in [-0.4, -0.2) is 22.9 Å². The molecule has 0 unspecified atom stereocenters. The van der Waals surface area contributed by atoms with E-state index in [4.69, 9.17) is 27.9 Å². The first-order valence-corrected chi connectivity index (χ1v) is 9.84. The van der Waals surface area contributed by atoms with Gasteiger partial charge in [0.15, 0.2) is 5.70 Å². The zero-order valence-corrected chi connectivity index (χ0v) is 17.3. The molecule has 31 heavy (non-hydrogen) atoms. The minimum absolute atomic E-state index is 0.144. The van der Waals surface area contributed by atoms with Crippen LogP contribution in [0.3, 0.4) is 0 Å². The van der Waals surface area contributed by atoms with E-state index in [0.29, 0.717) is 32.5 Å². The molecule has 1 heterocycles.